The number of nitrogens with zero attached hydrogens (tertiary/aromatic N) is 3. The van der Waals surface area contributed by atoms with Crippen LogP contribution in [0, 0.1) is 0 Å². The second kappa shape index (κ2) is 12.9. The molecule has 1 unspecified atom stereocenters. The Morgan fingerprint density at radius 2 is 1.83 bits per heavy atom. The molecule has 2 heterocycles. The molecule has 0 fully saturated rings. The van der Waals surface area contributed by atoms with Crippen LogP contribution in [0.4, 0.5) is 5.00 Å². The van der Waals surface area contributed by atoms with E-state index in [0.717, 1.165) is 17.0 Å². The molecule has 1 N–H and O–H groups in total. The third-order valence-corrected chi connectivity index (χ3v) is 7.66. The summed E-state index contributed by atoms with van der Waals surface area (Å²) in [6.07, 6.45) is 0.461. The quantitative estimate of drug-likeness (QED) is 0.223. The summed E-state index contributed by atoms with van der Waals surface area (Å²) < 4.78 is 13.2. The molecule has 0 bridgehead atoms. The summed E-state index contributed by atoms with van der Waals surface area (Å²) in [5, 5.41) is 12.7. The highest BCUT2D eigenvalue weighted by atomic mass is 32.2. The van der Waals surface area contributed by atoms with Gasteiger partial charge in [-0.15, -0.1) is 21.5 Å². The lowest BCUT2D eigenvalue weighted by molar-refractivity contribution is -0.113. The maximum Gasteiger partial charge on any atom is 0.341 e. The van der Waals surface area contributed by atoms with Gasteiger partial charge in [-0.2, -0.15) is 0 Å². The molecule has 2 aromatic heterocycles. The minimum Gasteiger partial charge on any atom is -0.483 e. The largest absolute Gasteiger partial charge is 0.483 e. The number of hydrogen-bond donors (Lipinski definition) is 1. The number of aryl methyl sites for hydroxylation is 1. The van der Waals surface area contributed by atoms with Crippen LogP contribution in [-0.4, -0.2) is 39.0 Å². The number of anilines is 1. The van der Waals surface area contributed by atoms with Gasteiger partial charge in [-0.25, -0.2) is 4.79 Å². The lowest BCUT2D eigenvalue weighted by Crippen LogP contribution is -2.16. The first kappa shape index (κ1) is 27.7. The molecule has 0 saturated heterocycles. The van der Waals surface area contributed by atoms with Crippen LogP contribution in [0.25, 0.3) is 0 Å². The minimum atomic E-state index is -0.431. The number of carbonyl (C=O) groups excluding carboxylic acids is 2. The van der Waals surface area contributed by atoms with Gasteiger partial charge in [-0.3, -0.25) is 4.79 Å². The van der Waals surface area contributed by atoms with Gasteiger partial charge in [-0.05, 0) is 56.9 Å². The summed E-state index contributed by atoms with van der Waals surface area (Å²) in [4.78, 5) is 26.0. The fraction of sp³-hybridized carbons (Fsp3) is 0.462. The Balaban J connectivity index is 1.64. The van der Waals surface area contributed by atoms with Gasteiger partial charge >= 0.3 is 5.97 Å². The molecule has 0 aliphatic heterocycles. The number of carbonyl (C=O) groups is 2. The molecule has 3 rings (SSSR count). The highest BCUT2D eigenvalue weighted by Crippen LogP contribution is 2.30. The van der Waals surface area contributed by atoms with E-state index in [2.05, 4.69) is 41.5 Å². The van der Waals surface area contributed by atoms with E-state index in [1.807, 2.05) is 37.5 Å². The van der Waals surface area contributed by atoms with Crippen molar-refractivity contribution < 1.29 is 19.1 Å². The third kappa shape index (κ3) is 6.88. The van der Waals surface area contributed by atoms with Gasteiger partial charge in [0, 0.05) is 11.4 Å². The van der Waals surface area contributed by atoms with Crippen molar-refractivity contribution >= 4 is 40.0 Å². The summed E-state index contributed by atoms with van der Waals surface area (Å²) in [7, 11) is 0. The predicted octanol–water partition coefficient (Wildman–Crippen LogP) is 6.09. The lowest BCUT2D eigenvalue weighted by Gasteiger charge is -2.16. The number of benzene rings is 1. The zero-order valence-electron chi connectivity index (χ0n) is 21.7. The summed E-state index contributed by atoms with van der Waals surface area (Å²) in [5.41, 5.74) is 1.65. The Morgan fingerprint density at radius 3 is 2.44 bits per heavy atom. The number of amides is 1. The van der Waals surface area contributed by atoms with Crippen LogP contribution in [0.3, 0.4) is 0 Å². The van der Waals surface area contributed by atoms with E-state index >= 15 is 0 Å². The lowest BCUT2D eigenvalue weighted by atomic mass is 10.0. The molecular weight excluding hydrogens is 496 g/mol. The Bertz CT molecular complexity index is 1170. The van der Waals surface area contributed by atoms with Crippen LogP contribution in [0.2, 0.25) is 0 Å². The van der Waals surface area contributed by atoms with Crippen molar-refractivity contribution in [1.29, 1.82) is 0 Å². The Labute approximate surface area is 220 Å². The second-order valence-corrected chi connectivity index (χ2v) is 10.5. The van der Waals surface area contributed by atoms with E-state index in [9.17, 15) is 9.59 Å². The number of thioether (sulfide) groups is 1. The first-order chi connectivity index (χ1) is 17.3. The van der Waals surface area contributed by atoms with Crippen molar-refractivity contribution in [2.24, 2.45) is 0 Å². The van der Waals surface area contributed by atoms with Gasteiger partial charge in [0.1, 0.15) is 10.8 Å². The van der Waals surface area contributed by atoms with Gasteiger partial charge in [0.15, 0.2) is 17.1 Å². The monoisotopic (exact) mass is 530 g/mol. The number of rotatable bonds is 12. The molecule has 0 saturated carbocycles. The van der Waals surface area contributed by atoms with Crippen molar-refractivity contribution in [2.75, 3.05) is 17.7 Å². The summed E-state index contributed by atoms with van der Waals surface area (Å²) in [5.74, 6) is 1.40. The van der Waals surface area contributed by atoms with Crippen LogP contribution >= 0.6 is 23.1 Å². The van der Waals surface area contributed by atoms with E-state index in [-0.39, 0.29) is 24.4 Å². The molecule has 1 amide bonds. The van der Waals surface area contributed by atoms with Crippen LogP contribution in [0.5, 0.6) is 5.75 Å². The average molecular weight is 531 g/mol. The predicted molar refractivity (Wildman–Crippen MR) is 144 cm³/mol. The number of thiophene rings is 1. The first-order valence-corrected chi connectivity index (χ1v) is 14.0. The maximum absolute atomic E-state index is 12.7. The zero-order chi connectivity index (χ0) is 26.2. The van der Waals surface area contributed by atoms with Crippen molar-refractivity contribution in [3.05, 3.63) is 52.2 Å². The number of ether oxygens (including phenoxy) is 2. The van der Waals surface area contributed by atoms with Crippen molar-refractivity contribution in [1.82, 2.24) is 14.8 Å². The molecule has 194 valence electrons. The van der Waals surface area contributed by atoms with Crippen molar-refractivity contribution in [3.63, 3.8) is 0 Å². The average Bonchev–Trinajstić information content (AvgIpc) is 3.47. The highest BCUT2D eigenvalue weighted by Gasteiger charge is 2.21. The van der Waals surface area contributed by atoms with Gasteiger partial charge in [0.2, 0.25) is 5.91 Å². The van der Waals surface area contributed by atoms with E-state index in [1.54, 1.807) is 13.0 Å². The number of esters is 1. The Kier molecular flexibility index (Phi) is 9.95. The molecule has 1 atom stereocenters. The van der Waals surface area contributed by atoms with E-state index in [1.165, 1.54) is 28.7 Å². The zero-order valence-corrected chi connectivity index (χ0v) is 23.3. The molecule has 10 heteroatoms. The Hall–Kier alpha value is -2.85. The molecule has 0 radical (unpaired) electrons. The summed E-state index contributed by atoms with van der Waals surface area (Å²) in [6, 6.07) is 9.86. The number of nitrogens with one attached hydrogen (secondary N) is 1. The van der Waals surface area contributed by atoms with Gasteiger partial charge < -0.3 is 19.4 Å². The third-order valence-electron chi connectivity index (χ3n) is 5.50. The molecular formula is C26H34N4O4S2. The van der Waals surface area contributed by atoms with Crippen molar-refractivity contribution in [3.8, 4) is 5.75 Å². The fourth-order valence-corrected chi connectivity index (χ4v) is 5.37. The molecule has 1 aromatic carbocycles. The molecule has 0 aliphatic rings. The van der Waals surface area contributed by atoms with E-state index in [0.29, 0.717) is 34.0 Å². The summed E-state index contributed by atoms with van der Waals surface area (Å²) in [6.45, 7) is 12.9. The topological polar surface area (TPSA) is 95.3 Å². The van der Waals surface area contributed by atoms with Crippen LogP contribution in [-0.2, 0) is 22.5 Å². The molecule has 0 spiro atoms. The number of aromatic nitrogens is 3. The SMILES string of the molecule is CCOC(=O)c1cc(CC)sc1NC(=O)CSc1nnc(C(C)Oc2ccc(C(C)C)cc2)n1CC. The molecule has 36 heavy (non-hydrogen) atoms. The smallest absolute Gasteiger partial charge is 0.341 e. The van der Waals surface area contributed by atoms with Gasteiger partial charge in [0.05, 0.1) is 17.9 Å². The molecule has 0 aliphatic carbocycles. The minimum absolute atomic E-state index is 0.131. The first-order valence-electron chi connectivity index (χ1n) is 12.2. The van der Waals surface area contributed by atoms with Crippen LogP contribution < -0.4 is 10.1 Å². The van der Waals surface area contributed by atoms with Gasteiger partial charge in [0.25, 0.3) is 0 Å². The van der Waals surface area contributed by atoms with Crippen LogP contribution in [0.15, 0.2) is 35.5 Å². The fourth-order valence-electron chi connectivity index (χ4n) is 3.56. The highest BCUT2D eigenvalue weighted by molar-refractivity contribution is 7.99. The summed E-state index contributed by atoms with van der Waals surface area (Å²) >= 11 is 2.69. The van der Waals surface area contributed by atoms with Crippen molar-refractivity contribution in [2.45, 2.75) is 71.7 Å². The number of hydrogen-bond acceptors (Lipinski definition) is 8. The standard InChI is InChI=1S/C26H34N4O4S2/c1-7-20-14-21(25(32)33-9-3)24(36-20)27-22(31)15-35-26-29-28-23(30(26)8-2)17(6)34-19-12-10-18(11-13-19)16(4)5/h10-14,16-17H,7-9,15H2,1-6H3,(H,27,31). The van der Waals surface area contributed by atoms with Gasteiger partial charge in [-0.1, -0.05) is 44.7 Å². The molecule has 3 aromatic rings. The van der Waals surface area contributed by atoms with E-state index in [4.69, 9.17) is 9.47 Å². The van der Waals surface area contributed by atoms with E-state index < -0.39 is 5.97 Å². The van der Waals surface area contributed by atoms with Crippen LogP contribution in [0.1, 0.15) is 80.2 Å². The maximum atomic E-state index is 12.7. The normalized spacial score (nSPS) is 12.0. The molecule has 8 nitrogen and oxygen atoms in total. The second-order valence-electron chi connectivity index (χ2n) is 8.44. The Morgan fingerprint density at radius 1 is 1.11 bits per heavy atom.